The van der Waals surface area contributed by atoms with Crippen LogP contribution < -0.4 is 15.5 Å². The van der Waals surface area contributed by atoms with Crippen LogP contribution in [0.2, 0.25) is 0 Å². The fourth-order valence-electron chi connectivity index (χ4n) is 2.79. The van der Waals surface area contributed by atoms with Crippen molar-refractivity contribution in [3.63, 3.8) is 0 Å². The summed E-state index contributed by atoms with van der Waals surface area (Å²) >= 11 is 0. The van der Waals surface area contributed by atoms with Crippen LogP contribution in [0.25, 0.3) is 0 Å². The zero-order valence-electron chi connectivity index (χ0n) is 14.6. The van der Waals surface area contributed by atoms with E-state index in [4.69, 9.17) is 0 Å². The molecule has 28 heavy (non-hydrogen) atoms. The number of carbonyl (C=O) groups excluding carboxylic acids is 3. The van der Waals surface area contributed by atoms with Crippen molar-refractivity contribution in [3.8, 4) is 0 Å². The Bertz CT molecular complexity index is 932. The Morgan fingerprint density at radius 3 is 2.36 bits per heavy atom. The topological polar surface area (TPSA) is 78.5 Å². The standard InChI is InChI=1S/C19H16F3N3O3/c20-13-7-8-14(18(22)17(13)21)24-15(26)10-23-19(28)11-3-5-12(6-4-11)25-9-1-2-16(25)27/h3-8H,1-2,9-10H2,(H,23,28)(H,24,26). The minimum absolute atomic E-state index is 0.0262. The molecule has 0 unspecified atom stereocenters. The molecule has 1 aliphatic heterocycles. The van der Waals surface area contributed by atoms with Gasteiger partial charge in [0.2, 0.25) is 11.8 Å². The minimum Gasteiger partial charge on any atom is -0.343 e. The quantitative estimate of drug-likeness (QED) is 0.769. The third-order valence-electron chi connectivity index (χ3n) is 4.23. The third kappa shape index (κ3) is 4.13. The van der Waals surface area contributed by atoms with Gasteiger partial charge in [-0.25, -0.2) is 13.2 Å². The van der Waals surface area contributed by atoms with Gasteiger partial charge in [0.15, 0.2) is 17.5 Å². The molecule has 0 spiro atoms. The molecule has 146 valence electrons. The third-order valence-corrected chi connectivity index (χ3v) is 4.23. The highest BCUT2D eigenvalue weighted by molar-refractivity contribution is 6.00. The Morgan fingerprint density at radius 2 is 1.71 bits per heavy atom. The Morgan fingerprint density at radius 1 is 1.00 bits per heavy atom. The lowest BCUT2D eigenvalue weighted by molar-refractivity contribution is -0.117. The van der Waals surface area contributed by atoms with Crippen LogP contribution in [0.15, 0.2) is 36.4 Å². The molecule has 6 nitrogen and oxygen atoms in total. The molecule has 3 rings (SSSR count). The van der Waals surface area contributed by atoms with Gasteiger partial charge in [0, 0.05) is 24.2 Å². The van der Waals surface area contributed by atoms with E-state index < -0.39 is 41.5 Å². The van der Waals surface area contributed by atoms with Crippen molar-refractivity contribution in [2.75, 3.05) is 23.3 Å². The molecule has 0 saturated carbocycles. The molecule has 9 heteroatoms. The van der Waals surface area contributed by atoms with Crippen molar-refractivity contribution in [2.45, 2.75) is 12.8 Å². The average molecular weight is 391 g/mol. The van der Waals surface area contributed by atoms with E-state index in [0.717, 1.165) is 12.5 Å². The van der Waals surface area contributed by atoms with Crippen LogP contribution in [-0.4, -0.2) is 30.8 Å². The van der Waals surface area contributed by atoms with Crippen LogP contribution in [0.4, 0.5) is 24.5 Å². The predicted octanol–water partition coefficient (Wildman–Crippen LogP) is 2.60. The molecule has 1 fully saturated rings. The second-order valence-corrected chi connectivity index (χ2v) is 6.15. The smallest absolute Gasteiger partial charge is 0.251 e. The van der Waals surface area contributed by atoms with E-state index in [-0.39, 0.29) is 11.5 Å². The lowest BCUT2D eigenvalue weighted by Gasteiger charge is -2.15. The van der Waals surface area contributed by atoms with Gasteiger partial charge in [0.1, 0.15) is 0 Å². The predicted molar refractivity (Wildman–Crippen MR) is 95.3 cm³/mol. The molecule has 0 atom stereocenters. The zero-order valence-corrected chi connectivity index (χ0v) is 14.6. The maximum Gasteiger partial charge on any atom is 0.251 e. The van der Waals surface area contributed by atoms with E-state index in [2.05, 4.69) is 10.6 Å². The second kappa shape index (κ2) is 8.12. The summed E-state index contributed by atoms with van der Waals surface area (Å²) in [5.41, 5.74) is 0.422. The highest BCUT2D eigenvalue weighted by Gasteiger charge is 2.22. The first kappa shape index (κ1) is 19.4. The van der Waals surface area contributed by atoms with Crippen molar-refractivity contribution in [1.82, 2.24) is 5.32 Å². The van der Waals surface area contributed by atoms with Gasteiger partial charge in [-0.2, -0.15) is 0 Å². The first-order valence-electron chi connectivity index (χ1n) is 8.49. The van der Waals surface area contributed by atoms with Crippen LogP contribution in [-0.2, 0) is 9.59 Å². The van der Waals surface area contributed by atoms with Crippen LogP contribution in [0, 0.1) is 17.5 Å². The number of anilines is 2. The number of hydrogen-bond acceptors (Lipinski definition) is 3. The highest BCUT2D eigenvalue weighted by atomic mass is 19.2. The van der Waals surface area contributed by atoms with Gasteiger partial charge < -0.3 is 15.5 Å². The normalized spacial score (nSPS) is 13.5. The number of amides is 3. The largest absolute Gasteiger partial charge is 0.343 e. The Labute approximate surface area is 158 Å². The average Bonchev–Trinajstić information content (AvgIpc) is 3.12. The Kier molecular flexibility index (Phi) is 5.62. The van der Waals surface area contributed by atoms with Crippen molar-refractivity contribution < 1.29 is 27.6 Å². The molecule has 0 aromatic heterocycles. The first-order chi connectivity index (χ1) is 13.4. The molecule has 1 saturated heterocycles. The molecule has 1 aliphatic rings. The van der Waals surface area contributed by atoms with E-state index in [9.17, 15) is 27.6 Å². The molecule has 0 radical (unpaired) electrons. The summed E-state index contributed by atoms with van der Waals surface area (Å²) < 4.78 is 39.6. The van der Waals surface area contributed by atoms with E-state index in [1.165, 1.54) is 12.1 Å². The molecular weight excluding hydrogens is 375 g/mol. The van der Waals surface area contributed by atoms with Gasteiger partial charge in [0.25, 0.3) is 5.91 Å². The van der Waals surface area contributed by atoms with Gasteiger partial charge in [-0.15, -0.1) is 0 Å². The summed E-state index contributed by atoms with van der Waals surface area (Å²) in [6, 6.07) is 7.86. The van der Waals surface area contributed by atoms with Crippen LogP contribution >= 0.6 is 0 Å². The maximum absolute atomic E-state index is 13.5. The number of rotatable bonds is 5. The molecule has 3 amide bonds. The molecule has 1 heterocycles. The van der Waals surface area contributed by atoms with Gasteiger partial charge in [-0.05, 0) is 42.8 Å². The van der Waals surface area contributed by atoms with E-state index in [1.54, 1.807) is 17.0 Å². The second-order valence-electron chi connectivity index (χ2n) is 6.15. The molecule has 0 aliphatic carbocycles. The number of halogens is 3. The number of benzene rings is 2. The summed E-state index contributed by atoms with van der Waals surface area (Å²) in [4.78, 5) is 37.3. The SMILES string of the molecule is O=C(CNC(=O)c1ccc(N2CCCC2=O)cc1)Nc1ccc(F)c(F)c1F. The summed E-state index contributed by atoms with van der Waals surface area (Å²) in [7, 11) is 0. The lowest BCUT2D eigenvalue weighted by Crippen LogP contribution is -2.33. The van der Waals surface area contributed by atoms with Crippen molar-refractivity contribution in [3.05, 3.63) is 59.4 Å². The van der Waals surface area contributed by atoms with Gasteiger partial charge >= 0.3 is 0 Å². The number of hydrogen-bond donors (Lipinski definition) is 2. The summed E-state index contributed by atoms with van der Waals surface area (Å²) in [6.07, 6.45) is 1.28. The fourth-order valence-corrected chi connectivity index (χ4v) is 2.79. The molecule has 0 bridgehead atoms. The van der Waals surface area contributed by atoms with E-state index in [1.807, 2.05) is 0 Å². The van der Waals surface area contributed by atoms with Crippen molar-refractivity contribution in [1.29, 1.82) is 0 Å². The summed E-state index contributed by atoms with van der Waals surface area (Å²) in [5, 5.41) is 4.40. The lowest BCUT2D eigenvalue weighted by atomic mass is 10.2. The Hall–Kier alpha value is -3.36. The fraction of sp³-hybridized carbons (Fsp3) is 0.211. The minimum atomic E-state index is -1.70. The molecule has 2 aromatic carbocycles. The van der Waals surface area contributed by atoms with E-state index >= 15 is 0 Å². The van der Waals surface area contributed by atoms with Gasteiger partial charge in [0.05, 0.1) is 12.2 Å². The van der Waals surface area contributed by atoms with Crippen LogP contribution in [0.1, 0.15) is 23.2 Å². The highest BCUT2D eigenvalue weighted by Crippen LogP contribution is 2.22. The first-order valence-corrected chi connectivity index (χ1v) is 8.49. The molecular formula is C19H16F3N3O3. The number of nitrogens with one attached hydrogen (secondary N) is 2. The zero-order chi connectivity index (χ0) is 20.3. The molecule has 2 N–H and O–H groups in total. The number of carbonyl (C=O) groups is 3. The van der Waals surface area contributed by atoms with Crippen molar-refractivity contribution >= 4 is 29.1 Å². The summed E-state index contributed by atoms with van der Waals surface area (Å²) in [5.74, 6) is -5.93. The summed E-state index contributed by atoms with van der Waals surface area (Å²) in [6.45, 7) is 0.134. The van der Waals surface area contributed by atoms with E-state index in [0.29, 0.717) is 24.7 Å². The monoisotopic (exact) mass is 391 g/mol. The van der Waals surface area contributed by atoms with Gasteiger partial charge in [-0.1, -0.05) is 0 Å². The van der Waals surface area contributed by atoms with Crippen LogP contribution in [0.3, 0.4) is 0 Å². The maximum atomic E-state index is 13.5. The van der Waals surface area contributed by atoms with Gasteiger partial charge in [-0.3, -0.25) is 14.4 Å². The van der Waals surface area contributed by atoms with Crippen molar-refractivity contribution in [2.24, 2.45) is 0 Å². The van der Waals surface area contributed by atoms with Crippen LogP contribution in [0.5, 0.6) is 0 Å². The number of nitrogens with zero attached hydrogens (tertiary/aromatic N) is 1. The molecule has 2 aromatic rings. The Balaban J connectivity index is 1.56.